The van der Waals surface area contributed by atoms with E-state index in [0.29, 0.717) is 24.9 Å². The van der Waals surface area contributed by atoms with Gasteiger partial charge in [-0.25, -0.2) is 13.6 Å². The minimum Gasteiger partial charge on any atom is -0.373 e. The zero-order valence-electron chi connectivity index (χ0n) is 16.7. The molecule has 4 fully saturated rings. The fourth-order valence-corrected chi connectivity index (χ4v) is 5.94. The maximum Gasteiger partial charge on any atom is 0.320 e. The van der Waals surface area contributed by atoms with Gasteiger partial charge in [0.2, 0.25) is 0 Å². The second-order valence-corrected chi connectivity index (χ2v) is 9.62. The lowest BCUT2D eigenvalue weighted by Gasteiger charge is -2.60. The van der Waals surface area contributed by atoms with Gasteiger partial charge in [0.1, 0.15) is 11.6 Å². The summed E-state index contributed by atoms with van der Waals surface area (Å²) in [6.07, 6.45) is 4.46. The average Bonchev–Trinajstić information content (AvgIpc) is 2.63. The third-order valence-electron chi connectivity index (χ3n) is 7.31. The van der Waals surface area contributed by atoms with Gasteiger partial charge in [-0.1, -0.05) is 18.2 Å². The van der Waals surface area contributed by atoms with E-state index in [1.54, 1.807) is 0 Å². The Morgan fingerprint density at radius 1 is 1.21 bits per heavy atom. The van der Waals surface area contributed by atoms with Gasteiger partial charge in [0.25, 0.3) is 0 Å². The van der Waals surface area contributed by atoms with E-state index < -0.39 is 11.6 Å². The first-order chi connectivity index (χ1) is 13.9. The molecule has 1 aliphatic carbocycles. The van der Waals surface area contributed by atoms with Crippen molar-refractivity contribution in [3.63, 3.8) is 0 Å². The standard InChI is InChI=1S/C23H28F2N2O2/c1-15-7-17-11-26(6-5-21(17)29-12-15)22(28)27-13-23(14-27)9-16(10-23)8-18-19(24)3-2-4-20(18)25/h2-4,16-17,21H,1,5-14H2/t17-,21+/m1/s1/i22-1. The molecule has 4 aliphatic rings. The lowest BCUT2D eigenvalue weighted by atomic mass is 9.55. The first kappa shape index (κ1) is 19.0. The smallest absolute Gasteiger partial charge is 0.320 e. The molecule has 3 heterocycles. The number of hydrogen-bond donors (Lipinski definition) is 0. The van der Waals surface area contributed by atoms with Crippen molar-refractivity contribution in [1.82, 2.24) is 9.80 Å². The van der Waals surface area contributed by atoms with Gasteiger partial charge in [0.15, 0.2) is 0 Å². The molecule has 1 saturated carbocycles. The molecule has 0 aromatic heterocycles. The number of nitrogens with zero attached hydrogens (tertiary/aromatic N) is 2. The molecule has 0 unspecified atom stereocenters. The van der Waals surface area contributed by atoms with Crippen LogP contribution in [0.2, 0.25) is 0 Å². The van der Waals surface area contributed by atoms with E-state index in [0.717, 1.165) is 57.4 Å². The molecule has 1 spiro atoms. The van der Waals surface area contributed by atoms with E-state index in [-0.39, 0.29) is 23.1 Å². The Kier molecular flexibility index (Phi) is 4.65. The van der Waals surface area contributed by atoms with Crippen LogP contribution < -0.4 is 0 Å². The van der Waals surface area contributed by atoms with E-state index in [4.69, 9.17) is 4.74 Å². The van der Waals surface area contributed by atoms with Gasteiger partial charge >= 0.3 is 6.03 Å². The Labute approximate surface area is 170 Å². The quantitative estimate of drug-likeness (QED) is 0.702. The molecule has 156 valence electrons. The van der Waals surface area contributed by atoms with Crippen LogP contribution in [0.25, 0.3) is 0 Å². The summed E-state index contributed by atoms with van der Waals surface area (Å²) >= 11 is 0. The predicted octanol–water partition coefficient (Wildman–Crippen LogP) is 4.01. The van der Waals surface area contributed by atoms with Crippen LogP contribution in [0.5, 0.6) is 0 Å². The van der Waals surface area contributed by atoms with Crippen molar-refractivity contribution in [2.24, 2.45) is 17.3 Å². The zero-order chi connectivity index (χ0) is 20.2. The molecule has 6 heteroatoms. The highest BCUT2D eigenvalue weighted by molar-refractivity contribution is 5.76. The van der Waals surface area contributed by atoms with Crippen molar-refractivity contribution in [1.29, 1.82) is 0 Å². The highest BCUT2D eigenvalue weighted by atomic mass is 19.1. The minimum absolute atomic E-state index is 0.133. The molecule has 3 aliphatic heterocycles. The number of carbonyl (C=O) groups excluding carboxylic acids is 1. The molecular formula is C23H28F2N2O2. The molecule has 5 rings (SSSR count). The Bertz CT molecular complexity index is 808. The number of fused-ring (bicyclic) bond motifs is 1. The molecule has 2 amide bonds. The van der Waals surface area contributed by atoms with Crippen molar-refractivity contribution in [2.45, 2.75) is 38.2 Å². The lowest BCUT2D eigenvalue weighted by Crippen LogP contribution is -2.66. The van der Waals surface area contributed by atoms with E-state index in [2.05, 4.69) is 6.58 Å². The van der Waals surface area contributed by atoms with E-state index >= 15 is 0 Å². The highest BCUT2D eigenvalue weighted by Crippen LogP contribution is 2.53. The molecule has 1 aromatic carbocycles. The average molecular weight is 401 g/mol. The van der Waals surface area contributed by atoms with Crippen molar-refractivity contribution in [3.05, 3.63) is 47.5 Å². The van der Waals surface area contributed by atoms with Crippen LogP contribution in [-0.4, -0.2) is 54.7 Å². The van der Waals surface area contributed by atoms with Gasteiger partial charge in [-0.05, 0) is 50.2 Å². The molecule has 2 atom stereocenters. The first-order valence-electron chi connectivity index (χ1n) is 10.7. The maximum absolute atomic E-state index is 13.9. The minimum atomic E-state index is -0.450. The molecule has 0 radical (unpaired) electrons. The number of ether oxygens (including phenoxy) is 1. The normalized spacial score (nSPS) is 28.7. The van der Waals surface area contributed by atoms with Crippen molar-refractivity contribution in [2.75, 3.05) is 32.8 Å². The fourth-order valence-electron chi connectivity index (χ4n) is 5.94. The molecular weight excluding hydrogens is 373 g/mol. The summed E-state index contributed by atoms with van der Waals surface area (Å²) in [7, 11) is 0. The third kappa shape index (κ3) is 3.45. The van der Waals surface area contributed by atoms with E-state index in [9.17, 15) is 13.6 Å². The molecule has 4 nitrogen and oxygen atoms in total. The summed E-state index contributed by atoms with van der Waals surface area (Å²) in [6.45, 7) is 7.75. The molecule has 0 bridgehead atoms. The van der Waals surface area contributed by atoms with Crippen molar-refractivity contribution < 1.29 is 18.3 Å². The van der Waals surface area contributed by atoms with Crippen LogP contribution in [-0.2, 0) is 11.2 Å². The van der Waals surface area contributed by atoms with Crippen molar-refractivity contribution in [3.8, 4) is 0 Å². The zero-order valence-corrected chi connectivity index (χ0v) is 16.7. The van der Waals surface area contributed by atoms with Gasteiger partial charge in [-0.15, -0.1) is 0 Å². The second-order valence-electron chi connectivity index (χ2n) is 9.62. The number of rotatable bonds is 2. The highest BCUT2D eigenvalue weighted by Gasteiger charge is 2.54. The molecule has 29 heavy (non-hydrogen) atoms. The SMILES string of the molecule is C=C1CO[C@H]2CCN([11C](=O)N3CC4(CC(Cc5c(F)cccc5F)C4)C3)C[C@H]2C1. The van der Waals surface area contributed by atoms with E-state index in [1.807, 2.05) is 9.80 Å². The maximum atomic E-state index is 13.9. The number of urea groups is 1. The molecule has 0 N–H and O–H groups in total. The lowest BCUT2D eigenvalue weighted by molar-refractivity contribution is -0.0843. The van der Waals surface area contributed by atoms with Crippen LogP contribution in [0, 0.1) is 28.9 Å². The largest absolute Gasteiger partial charge is 0.373 e. The van der Waals surface area contributed by atoms with Gasteiger partial charge < -0.3 is 14.5 Å². The van der Waals surface area contributed by atoms with Crippen molar-refractivity contribution >= 4 is 6.03 Å². The Hall–Kier alpha value is -1.95. The van der Waals surface area contributed by atoms with Gasteiger partial charge in [-0.2, -0.15) is 0 Å². The van der Waals surface area contributed by atoms with E-state index in [1.165, 1.54) is 18.2 Å². The topological polar surface area (TPSA) is 32.8 Å². The summed E-state index contributed by atoms with van der Waals surface area (Å²) < 4.78 is 33.6. The van der Waals surface area contributed by atoms with Crippen LogP contribution in [0.15, 0.2) is 30.4 Å². The number of halogens is 2. The summed E-state index contributed by atoms with van der Waals surface area (Å²) in [5.41, 5.74) is 1.50. The van der Waals surface area contributed by atoms with Crippen LogP contribution in [0.4, 0.5) is 13.6 Å². The van der Waals surface area contributed by atoms with Crippen LogP contribution >= 0.6 is 0 Å². The van der Waals surface area contributed by atoms with Gasteiger partial charge in [0, 0.05) is 43.1 Å². The Morgan fingerprint density at radius 3 is 2.66 bits per heavy atom. The van der Waals surface area contributed by atoms with Gasteiger partial charge in [0.05, 0.1) is 12.7 Å². The number of likely N-dealkylation sites (tertiary alicyclic amines) is 2. The monoisotopic (exact) mass is 401 g/mol. The van der Waals surface area contributed by atoms with Crippen LogP contribution in [0.3, 0.4) is 0 Å². The first-order valence-corrected chi connectivity index (χ1v) is 10.7. The van der Waals surface area contributed by atoms with Gasteiger partial charge in [-0.3, -0.25) is 0 Å². The Balaban J connectivity index is 1.11. The molecule has 3 saturated heterocycles. The second kappa shape index (κ2) is 7.08. The fraction of sp³-hybridized carbons (Fsp3) is 0.609. The predicted molar refractivity (Wildman–Crippen MR) is 105 cm³/mol. The summed E-state index contributed by atoms with van der Waals surface area (Å²) in [5.74, 6) is -0.226. The number of piperidine rings is 1. The summed E-state index contributed by atoms with van der Waals surface area (Å²) in [4.78, 5) is 16.8. The molecule has 1 aromatic rings. The summed E-state index contributed by atoms with van der Waals surface area (Å²) in [5, 5.41) is 0. The third-order valence-corrected chi connectivity index (χ3v) is 7.31. The Morgan fingerprint density at radius 2 is 1.93 bits per heavy atom. The number of benzene rings is 1. The summed E-state index contributed by atoms with van der Waals surface area (Å²) in [6, 6.07) is 4.19. The number of carbonyl (C=O) groups is 1. The number of hydrogen-bond acceptors (Lipinski definition) is 2. The van der Waals surface area contributed by atoms with Crippen LogP contribution in [0.1, 0.15) is 31.2 Å². The number of amides is 2.